The first-order valence-corrected chi connectivity index (χ1v) is 7.59. The van der Waals surface area contributed by atoms with E-state index in [1.54, 1.807) is 0 Å². The zero-order valence-electron chi connectivity index (χ0n) is 12.3. The first-order chi connectivity index (χ1) is 10.1. The van der Waals surface area contributed by atoms with Gasteiger partial charge in [-0.1, -0.05) is 55.8 Å². The largest absolute Gasteiger partial charge is 0.299 e. The predicted molar refractivity (Wildman–Crippen MR) is 85.9 cm³/mol. The van der Waals surface area contributed by atoms with Crippen molar-refractivity contribution in [2.75, 3.05) is 0 Å². The highest BCUT2D eigenvalue weighted by atomic mass is 35.5. The fraction of sp³-hybridized carbons (Fsp3) is 0.294. The average molecular weight is 300 g/mol. The second kappa shape index (κ2) is 5.86. The Labute approximate surface area is 129 Å². The predicted octanol–water partition coefficient (Wildman–Crippen LogP) is 4.29. The monoisotopic (exact) mass is 299 g/mol. The number of aromatic nitrogens is 3. The van der Waals surface area contributed by atoms with Gasteiger partial charge in [0.1, 0.15) is 5.15 Å². The van der Waals surface area contributed by atoms with E-state index in [9.17, 15) is 0 Å². The molecule has 0 saturated heterocycles. The molecule has 0 saturated carbocycles. The highest BCUT2D eigenvalue weighted by Crippen LogP contribution is 2.21. The molecule has 0 fully saturated rings. The summed E-state index contributed by atoms with van der Waals surface area (Å²) in [6.07, 6.45) is 5.55. The number of fused-ring (bicyclic) bond motifs is 1. The second-order valence-electron chi connectivity index (χ2n) is 5.53. The molecule has 0 amide bonds. The number of benzene rings is 1. The maximum absolute atomic E-state index is 6.18. The van der Waals surface area contributed by atoms with E-state index in [0.29, 0.717) is 11.1 Å². The van der Waals surface area contributed by atoms with Gasteiger partial charge in [0.15, 0.2) is 5.65 Å². The average Bonchev–Trinajstić information content (AvgIpc) is 2.89. The normalized spacial score (nSPS) is 11.4. The van der Waals surface area contributed by atoms with E-state index < -0.39 is 0 Å². The SMILES string of the molecule is CC(C)c1cnc2c(CCc3ccccc3)nc(Cl)cn12. The molecule has 3 nitrogen and oxygen atoms in total. The first-order valence-electron chi connectivity index (χ1n) is 7.21. The van der Waals surface area contributed by atoms with Crippen molar-refractivity contribution in [2.24, 2.45) is 0 Å². The van der Waals surface area contributed by atoms with Gasteiger partial charge in [-0.05, 0) is 24.3 Å². The summed E-state index contributed by atoms with van der Waals surface area (Å²) in [5.41, 5.74) is 4.33. The van der Waals surface area contributed by atoms with Crippen LogP contribution in [0.15, 0.2) is 42.7 Å². The van der Waals surface area contributed by atoms with Gasteiger partial charge in [-0.15, -0.1) is 0 Å². The molecule has 1 aromatic carbocycles. The van der Waals surface area contributed by atoms with Crippen LogP contribution in [0, 0.1) is 0 Å². The van der Waals surface area contributed by atoms with Crippen LogP contribution in [-0.4, -0.2) is 14.4 Å². The van der Waals surface area contributed by atoms with Crippen LogP contribution in [0.25, 0.3) is 5.65 Å². The molecule has 0 spiro atoms. The molecule has 0 N–H and O–H groups in total. The lowest BCUT2D eigenvalue weighted by Crippen LogP contribution is -2.02. The Bertz CT molecular complexity index is 747. The van der Waals surface area contributed by atoms with Crippen LogP contribution in [-0.2, 0) is 12.8 Å². The van der Waals surface area contributed by atoms with Crippen molar-refractivity contribution in [1.82, 2.24) is 14.4 Å². The lowest BCUT2D eigenvalue weighted by molar-refractivity contribution is 0.801. The molecule has 0 unspecified atom stereocenters. The summed E-state index contributed by atoms with van der Waals surface area (Å²) in [7, 11) is 0. The summed E-state index contributed by atoms with van der Waals surface area (Å²) in [4.78, 5) is 9.01. The Hall–Kier alpha value is -1.87. The lowest BCUT2D eigenvalue weighted by Gasteiger charge is -2.08. The molecule has 3 rings (SSSR count). The number of imidazole rings is 1. The van der Waals surface area contributed by atoms with Crippen molar-refractivity contribution in [3.63, 3.8) is 0 Å². The maximum Gasteiger partial charge on any atom is 0.158 e. The van der Waals surface area contributed by atoms with Gasteiger partial charge in [-0.2, -0.15) is 0 Å². The molecule has 108 valence electrons. The fourth-order valence-electron chi connectivity index (χ4n) is 2.54. The number of hydrogen-bond acceptors (Lipinski definition) is 2. The Morgan fingerprint density at radius 1 is 1.14 bits per heavy atom. The fourth-order valence-corrected chi connectivity index (χ4v) is 2.74. The summed E-state index contributed by atoms with van der Waals surface area (Å²) < 4.78 is 2.07. The minimum absolute atomic E-state index is 0.403. The molecular formula is C17H18ClN3. The van der Waals surface area contributed by atoms with Gasteiger partial charge in [0.05, 0.1) is 5.69 Å². The third-order valence-electron chi connectivity index (χ3n) is 3.65. The summed E-state index contributed by atoms with van der Waals surface area (Å²) >= 11 is 6.18. The van der Waals surface area contributed by atoms with E-state index in [0.717, 1.165) is 29.9 Å². The molecule has 2 heterocycles. The summed E-state index contributed by atoms with van der Waals surface area (Å²) in [6, 6.07) is 10.4. The van der Waals surface area contributed by atoms with E-state index in [1.807, 2.05) is 18.5 Å². The quantitative estimate of drug-likeness (QED) is 0.719. The highest BCUT2D eigenvalue weighted by Gasteiger charge is 2.12. The maximum atomic E-state index is 6.18. The molecule has 0 atom stereocenters. The lowest BCUT2D eigenvalue weighted by atomic mass is 10.1. The summed E-state index contributed by atoms with van der Waals surface area (Å²) in [6.45, 7) is 4.31. The van der Waals surface area contributed by atoms with E-state index in [2.05, 4.69) is 52.5 Å². The van der Waals surface area contributed by atoms with Gasteiger partial charge in [-0.25, -0.2) is 9.97 Å². The van der Waals surface area contributed by atoms with Crippen molar-refractivity contribution >= 4 is 17.2 Å². The van der Waals surface area contributed by atoms with Crippen molar-refractivity contribution in [1.29, 1.82) is 0 Å². The van der Waals surface area contributed by atoms with E-state index in [-0.39, 0.29) is 0 Å². The van der Waals surface area contributed by atoms with Gasteiger partial charge >= 0.3 is 0 Å². The molecule has 2 aromatic heterocycles. The molecule has 0 bridgehead atoms. The van der Waals surface area contributed by atoms with Gasteiger partial charge in [0.2, 0.25) is 0 Å². The number of aryl methyl sites for hydroxylation is 2. The van der Waals surface area contributed by atoms with Crippen LogP contribution in [0.5, 0.6) is 0 Å². The van der Waals surface area contributed by atoms with Gasteiger partial charge in [0.25, 0.3) is 0 Å². The highest BCUT2D eigenvalue weighted by molar-refractivity contribution is 6.29. The van der Waals surface area contributed by atoms with Crippen LogP contribution >= 0.6 is 11.6 Å². The summed E-state index contributed by atoms with van der Waals surface area (Å²) in [5.74, 6) is 0.403. The Morgan fingerprint density at radius 2 is 1.90 bits per heavy atom. The third-order valence-corrected chi connectivity index (χ3v) is 3.83. The first kappa shape index (κ1) is 14.1. The Kier molecular flexibility index (Phi) is 3.93. The van der Waals surface area contributed by atoms with E-state index >= 15 is 0 Å². The van der Waals surface area contributed by atoms with Gasteiger partial charge < -0.3 is 0 Å². The van der Waals surface area contributed by atoms with Crippen molar-refractivity contribution < 1.29 is 0 Å². The summed E-state index contributed by atoms with van der Waals surface area (Å²) in [5, 5.41) is 0.519. The Morgan fingerprint density at radius 3 is 2.62 bits per heavy atom. The number of hydrogen-bond donors (Lipinski definition) is 0. The van der Waals surface area contributed by atoms with Crippen molar-refractivity contribution in [3.8, 4) is 0 Å². The van der Waals surface area contributed by atoms with Crippen LogP contribution in [0.3, 0.4) is 0 Å². The van der Waals surface area contributed by atoms with Crippen LogP contribution < -0.4 is 0 Å². The van der Waals surface area contributed by atoms with E-state index in [4.69, 9.17) is 11.6 Å². The van der Waals surface area contributed by atoms with Crippen molar-refractivity contribution in [3.05, 3.63) is 64.8 Å². The van der Waals surface area contributed by atoms with Crippen LogP contribution in [0.2, 0.25) is 5.15 Å². The molecule has 0 aliphatic rings. The second-order valence-corrected chi connectivity index (χ2v) is 5.91. The number of rotatable bonds is 4. The molecule has 21 heavy (non-hydrogen) atoms. The Balaban J connectivity index is 1.95. The van der Waals surface area contributed by atoms with Gasteiger partial charge in [-0.3, -0.25) is 4.40 Å². The third kappa shape index (κ3) is 2.93. The van der Waals surface area contributed by atoms with Crippen molar-refractivity contribution in [2.45, 2.75) is 32.6 Å². The molecular weight excluding hydrogens is 282 g/mol. The van der Waals surface area contributed by atoms with Crippen LogP contribution in [0.4, 0.5) is 0 Å². The molecule has 0 radical (unpaired) electrons. The molecule has 0 aliphatic carbocycles. The molecule has 4 heteroatoms. The van der Waals surface area contributed by atoms with E-state index in [1.165, 1.54) is 5.56 Å². The number of halogens is 1. The smallest absolute Gasteiger partial charge is 0.158 e. The topological polar surface area (TPSA) is 30.2 Å². The minimum Gasteiger partial charge on any atom is -0.299 e. The number of nitrogens with zero attached hydrogens (tertiary/aromatic N) is 3. The zero-order chi connectivity index (χ0) is 14.8. The van der Waals surface area contributed by atoms with Crippen LogP contribution in [0.1, 0.15) is 36.7 Å². The zero-order valence-corrected chi connectivity index (χ0v) is 13.0. The van der Waals surface area contributed by atoms with Gasteiger partial charge in [0, 0.05) is 18.1 Å². The molecule has 3 aromatic rings. The molecule has 0 aliphatic heterocycles. The standard InChI is InChI=1S/C17H18ClN3/c1-12(2)15-10-19-17-14(20-16(18)11-21(15)17)9-8-13-6-4-3-5-7-13/h3-7,10-12H,8-9H2,1-2H3. The minimum atomic E-state index is 0.403.